The maximum absolute atomic E-state index is 5.91. The lowest BCUT2D eigenvalue weighted by Crippen LogP contribution is -2.14. The van der Waals surface area contributed by atoms with Crippen molar-refractivity contribution in [1.82, 2.24) is 25.5 Å². The topological polar surface area (TPSA) is 55.6 Å². The van der Waals surface area contributed by atoms with Gasteiger partial charge in [-0.25, -0.2) is 4.68 Å². The van der Waals surface area contributed by atoms with E-state index in [0.717, 1.165) is 16.4 Å². The maximum Gasteiger partial charge on any atom is 0.165 e. The summed E-state index contributed by atoms with van der Waals surface area (Å²) in [6.45, 7) is 1.28. The highest BCUT2D eigenvalue weighted by atomic mass is 35.5. The zero-order chi connectivity index (χ0) is 11.4. The third kappa shape index (κ3) is 2.56. The molecule has 84 valence electrons. The Morgan fingerprint density at radius 2 is 2.31 bits per heavy atom. The van der Waals surface area contributed by atoms with E-state index in [1.807, 2.05) is 31.3 Å². The Morgan fingerprint density at radius 1 is 1.44 bits per heavy atom. The Balaban J connectivity index is 2.17. The minimum absolute atomic E-state index is 0.630. The van der Waals surface area contributed by atoms with Crippen LogP contribution in [0.5, 0.6) is 0 Å². The fourth-order valence-corrected chi connectivity index (χ4v) is 1.65. The van der Waals surface area contributed by atoms with E-state index in [0.29, 0.717) is 13.1 Å². The van der Waals surface area contributed by atoms with Gasteiger partial charge < -0.3 is 5.32 Å². The van der Waals surface area contributed by atoms with E-state index >= 15 is 0 Å². The summed E-state index contributed by atoms with van der Waals surface area (Å²) in [5.41, 5.74) is 1.08. The molecule has 6 heteroatoms. The molecule has 0 saturated heterocycles. The van der Waals surface area contributed by atoms with Crippen molar-refractivity contribution < 1.29 is 0 Å². The van der Waals surface area contributed by atoms with Crippen LogP contribution in [-0.4, -0.2) is 27.3 Å². The van der Waals surface area contributed by atoms with Crippen molar-refractivity contribution in [2.75, 3.05) is 7.05 Å². The van der Waals surface area contributed by atoms with Gasteiger partial charge in [0.1, 0.15) is 0 Å². The van der Waals surface area contributed by atoms with Crippen LogP contribution in [0.3, 0.4) is 0 Å². The van der Waals surface area contributed by atoms with Crippen LogP contribution in [-0.2, 0) is 13.1 Å². The van der Waals surface area contributed by atoms with E-state index in [-0.39, 0.29) is 0 Å². The maximum atomic E-state index is 5.91. The highest BCUT2D eigenvalue weighted by Crippen LogP contribution is 2.11. The molecule has 0 fully saturated rings. The number of benzene rings is 1. The molecule has 2 rings (SSSR count). The summed E-state index contributed by atoms with van der Waals surface area (Å²) in [5, 5.41) is 15.3. The van der Waals surface area contributed by atoms with Gasteiger partial charge in [-0.1, -0.05) is 23.7 Å². The summed E-state index contributed by atoms with van der Waals surface area (Å²) in [6, 6.07) is 7.67. The highest BCUT2D eigenvalue weighted by molar-refractivity contribution is 6.30. The van der Waals surface area contributed by atoms with E-state index in [1.54, 1.807) is 4.68 Å². The molecule has 1 aromatic carbocycles. The molecule has 16 heavy (non-hydrogen) atoms. The van der Waals surface area contributed by atoms with E-state index in [1.165, 1.54) is 0 Å². The molecule has 0 aliphatic heterocycles. The predicted molar refractivity (Wildman–Crippen MR) is 61.1 cm³/mol. The molecule has 2 aromatic rings. The smallest absolute Gasteiger partial charge is 0.165 e. The van der Waals surface area contributed by atoms with E-state index in [2.05, 4.69) is 20.8 Å². The summed E-state index contributed by atoms with van der Waals surface area (Å²) >= 11 is 5.91. The van der Waals surface area contributed by atoms with E-state index in [9.17, 15) is 0 Å². The molecule has 1 N–H and O–H groups in total. The first-order valence-electron chi connectivity index (χ1n) is 4.93. The third-order valence-corrected chi connectivity index (χ3v) is 2.40. The lowest BCUT2D eigenvalue weighted by atomic mass is 10.2. The average molecular weight is 238 g/mol. The highest BCUT2D eigenvalue weighted by Gasteiger charge is 2.05. The molecule has 1 aromatic heterocycles. The van der Waals surface area contributed by atoms with Crippen molar-refractivity contribution in [3.8, 4) is 0 Å². The van der Waals surface area contributed by atoms with Crippen LogP contribution in [0, 0.1) is 0 Å². The number of nitrogens with one attached hydrogen (secondary N) is 1. The quantitative estimate of drug-likeness (QED) is 0.865. The number of hydrogen-bond acceptors (Lipinski definition) is 4. The van der Waals surface area contributed by atoms with Crippen LogP contribution in [0.25, 0.3) is 0 Å². The van der Waals surface area contributed by atoms with Crippen LogP contribution in [0.2, 0.25) is 5.02 Å². The SMILES string of the molecule is CNCc1nnnn1Cc1cccc(Cl)c1. The zero-order valence-electron chi connectivity index (χ0n) is 8.89. The first kappa shape index (κ1) is 11.0. The summed E-state index contributed by atoms with van der Waals surface area (Å²) in [6.07, 6.45) is 0. The molecule has 0 saturated carbocycles. The number of aromatic nitrogens is 4. The largest absolute Gasteiger partial charge is 0.313 e. The summed E-state index contributed by atoms with van der Waals surface area (Å²) in [5.74, 6) is 0.808. The van der Waals surface area contributed by atoms with Gasteiger partial charge in [-0.3, -0.25) is 0 Å². The number of hydrogen-bond donors (Lipinski definition) is 1. The monoisotopic (exact) mass is 237 g/mol. The fraction of sp³-hybridized carbons (Fsp3) is 0.300. The van der Waals surface area contributed by atoms with Gasteiger partial charge in [-0.2, -0.15) is 0 Å². The Bertz CT molecular complexity index is 468. The van der Waals surface area contributed by atoms with Gasteiger partial charge in [0.25, 0.3) is 0 Å². The van der Waals surface area contributed by atoms with Crippen LogP contribution in [0.4, 0.5) is 0 Å². The van der Waals surface area contributed by atoms with Gasteiger partial charge in [0, 0.05) is 5.02 Å². The molecule has 0 spiro atoms. The van der Waals surface area contributed by atoms with Gasteiger partial charge in [0.2, 0.25) is 0 Å². The van der Waals surface area contributed by atoms with Gasteiger partial charge in [0.05, 0.1) is 13.1 Å². The number of rotatable bonds is 4. The molecule has 0 aliphatic carbocycles. The Hall–Kier alpha value is -1.46. The van der Waals surface area contributed by atoms with Crippen molar-refractivity contribution in [2.45, 2.75) is 13.1 Å². The summed E-state index contributed by atoms with van der Waals surface area (Å²) in [4.78, 5) is 0. The van der Waals surface area contributed by atoms with Crippen molar-refractivity contribution in [3.63, 3.8) is 0 Å². The van der Waals surface area contributed by atoms with Crippen molar-refractivity contribution in [1.29, 1.82) is 0 Å². The summed E-state index contributed by atoms with van der Waals surface area (Å²) in [7, 11) is 1.86. The van der Waals surface area contributed by atoms with E-state index < -0.39 is 0 Å². The lowest BCUT2D eigenvalue weighted by molar-refractivity contribution is 0.601. The van der Waals surface area contributed by atoms with E-state index in [4.69, 9.17) is 11.6 Å². The molecule has 0 unspecified atom stereocenters. The second kappa shape index (κ2) is 5.05. The molecule has 0 radical (unpaired) electrons. The molecule has 0 aliphatic rings. The zero-order valence-corrected chi connectivity index (χ0v) is 9.65. The fourth-order valence-electron chi connectivity index (χ4n) is 1.44. The minimum Gasteiger partial charge on any atom is -0.313 e. The molecule has 5 nitrogen and oxygen atoms in total. The first-order chi connectivity index (χ1) is 7.79. The molecule has 1 heterocycles. The van der Waals surface area contributed by atoms with Gasteiger partial charge in [0.15, 0.2) is 5.82 Å². The Labute approximate surface area is 98.4 Å². The van der Waals surface area contributed by atoms with Crippen molar-refractivity contribution in [3.05, 3.63) is 40.7 Å². The van der Waals surface area contributed by atoms with Crippen LogP contribution >= 0.6 is 11.6 Å². The Kier molecular flexibility index (Phi) is 3.48. The number of nitrogens with zero attached hydrogens (tertiary/aromatic N) is 4. The molecular weight excluding hydrogens is 226 g/mol. The van der Waals surface area contributed by atoms with Crippen LogP contribution in [0.15, 0.2) is 24.3 Å². The number of halogens is 1. The molecule has 0 bridgehead atoms. The molecular formula is C10H12ClN5. The standard InChI is InChI=1S/C10H12ClN5/c1-12-6-10-13-14-15-16(10)7-8-3-2-4-9(11)5-8/h2-5,12H,6-7H2,1H3. The van der Waals surface area contributed by atoms with Crippen LogP contribution < -0.4 is 5.32 Å². The number of tetrazole rings is 1. The normalized spacial score (nSPS) is 10.6. The molecule has 0 amide bonds. The summed E-state index contributed by atoms with van der Waals surface area (Å²) < 4.78 is 1.75. The predicted octanol–water partition coefficient (Wildman–Crippen LogP) is 1.09. The van der Waals surface area contributed by atoms with Crippen molar-refractivity contribution in [2.24, 2.45) is 0 Å². The van der Waals surface area contributed by atoms with Crippen molar-refractivity contribution >= 4 is 11.6 Å². The second-order valence-electron chi connectivity index (χ2n) is 3.41. The molecule has 0 atom stereocenters. The van der Waals surface area contributed by atoms with Gasteiger partial charge in [-0.05, 0) is 35.2 Å². The minimum atomic E-state index is 0.630. The van der Waals surface area contributed by atoms with Gasteiger partial charge >= 0.3 is 0 Å². The average Bonchev–Trinajstić information content (AvgIpc) is 2.66. The first-order valence-corrected chi connectivity index (χ1v) is 5.31. The lowest BCUT2D eigenvalue weighted by Gasteiger charge is -2.04. The van der Waals surface area contributed by atoms with Gasteiger partial charge in [-0.15, -0.1) is 5.10 Å². The second-order valence-corrected chi connectivity index (χ2v) is 3.85. The van der Waals surface area contributed by atoms with Crippen LogP contribution in [0.1, 0.15) is 11.4 Å². The Morgan fingerprint density at radius 3 is 3.06 bits per heavy atom. The third-order valence-electron chi connectivity index (χ3n) is 2.16.